The van der Waals surface area contributed by atoms with Gasteiger partial charge in [0.15, 0.2) is 0 Å². The maximum Gasteiger partial charge on any atom is 0.266 e. The van der Waals surface area contributed by atoms with Crippen molar-refractivity contribution in [2.24, 2.45) is 0 Å². The summed E-state index contributed by atoms with van der Waals surface area (Å²) in [5, 5.41) is 3.16. The van der Waals surface area contributed by atoms with Gasteiger partial charge in [-0.15, -0.1) is 0 Å². The Kier molecular flexibility index (Phi) is 3.73. The summed E-state index contributed by atoms with van der Waals surface area (Å²) in [6.07, 6.45) is 1.96. The number of hydrogen-bond acceptors (Lipinski definition) is 2. The summed E-state index contributed by atoms with van der Waals surface area (Å²) in [7, 11) is 0. The molecular weight excluding hydrogens is 298 g/mol. The summed E-state index contributed by atoms with van der Waals surface area (Å²) in [6, 6.07) is 21.7. The number of fused-ring (bicyclic) bond motifs is 2. The fourth-order valence-electron chi connectivity index (χ4n) is 2.99. The Hall–Kier alpha value is -3.11. The Morgan fingerprint density at radius 2 is 1.62 bits per heavy atom. The van der Waals surface area contributed by atoms with E-state index >= 15 is 0 Å². The second-order valence-electron chi connectivity index (χ2n) is 5.69. The number of aromatic nitrogens is 1. The van der Waals surface area contributed by atoms with Crippen molar-refractivity contribution in [2.75, 3.05) is 0 Å². The molecule has 3 aromatic carbocycles. The van der Waals surface area contributed by atoms with Crippen molar-refractivity contribution < 1.29 is 4.79 Å². The molecule has 4 nitrogen and oxygen atoms in total. The number of carbonyl (C=O) groups is 1. The van der Waals surface area contributed by atoms with Crippen molar-refractivity contribution >= 4 is 27.6 Å². The SMILES string of the molecule is O=C(NNCc1c[nH]c2ccccc12)c1cccc2ccccc12. The van der Waals surface area contributed by atoms with Crippen molar-refractivity contribution in [3.8, 4) is 0 Å². The number of para-hydroxylation sites is 1. The van der Waals surface area contributed by atoms with E-state index in [1.165, 1.54) is 0 Å². The van der Waals surface area contributed by atoms with Gasteiger partial charge in [-0.1, -0.05) is 54.6 Å². The van der Waals surface area contributed by atoms with Gasteiger partial charge in [0.05, 0.1) is 0 Å². The van der Waals surface area contributed by atoms with Crippen LogP contribution in [0.4, 0.5) is 0 Å². The molecule has 0 aliphatic heterocycles. The van der Waals surface area contributed by atoms with E-state index in [9.17, 15) is 4.79 Å². The van der Waals surface area contributed by atoms with E-state index in [1.54, 1.807) is 0 Å². The van der Waals surface area contributed by atoms with Gasteiger partial charge >= 0.3 is 0 Å². The highest BCUT2D eigenvalue weighted by Gasteiger charge is 2.09. The molecule has 0 unspecified atom stereocenters. The third-order valence-electron chi connectivity index (χ3n) is 4.19. The van der Waals surface area contributed by atoms with Gasteiger partial charge in [-0.05, 0) is 28.5 Å². The second kappa shape index (κ2) is 6.18. The summed E-state index contributed by atoms with van der Waals surface area (Å²) in [4.78, 5) is 15.7. The van der Waals surface area contributed by atoms with Crippen molar-refractivity contribution in [1.82, 2.24) is 15.8 Å². The standard InChI is InChI=1S/C20H17N3O/c24-20(18-10-5-7-14-6-1-2-8-16(14)18)23-22-13-15-12-21-19-11-4-3-9-17(15)19/h1-12,21-22H,13H2,(H,23,24). The lowest BCUT2D eigenvalue weighted by molar-refractivity contribution is 0.0934. The fraction of sp³-hybridized carbons (Fsp3) is 0.0500. The lowest BCUT2D eigenvalue weighted by Crippen LogP contribution is -2.36. The third kappa shape index (κ3) is 2.64. The average molecular weight is 315 g/mol. The number of amides is 1. The molecule has 24 heavy (non-hydrogen) atoms. The van der Waals surface area contributed by atoms with Gasteiger partial charge < -0.3 is 4.98 Å². The van der Waals surface area contributed by atoms with Gasteiger partial charge in [0.1, 0.15) is 0 Å². The van der Waals surface area contributed by atoms with Crippen LogP contribution in [0.3, 0.4) is 0 Å². The van der Waals surface area contributed by atoms with Crippen LogP contribution in [0, 0.1) is 0 Å². The molecule has 0 aliphatic carbocycles. The first-order valence-corrected chi connectivity index (χ1v) is 7.89. The van der Waals surface area contributed by atoms with Crippen LogP contribution in [0.5, 0.6) is 0 Å². The van der Waals surface area contributed by atoms with Crippen molar-refractivity contribution in [3.05, 3.63) is 84.1 Å². The fourth-order valence-corrected chi connectivity index (χ4v) is 2.99. The molecule has 0 radical (unpaired) electrons. The van der Waals surface area contributed by atoms with Gasteiger partial charge in [-0.2, -0.15) is 0 Å². The molecule has 0 spiro atoms. The van der Waals surface area contributed by atoms with Gasteiger partial charge in [0.2, 0.25) is 0 Å². The number of carbonyl (C=O) groups excluding carboxylic acids is 1. The van der Waals surface area contributed by atoms with Gasteiger partial charge in [-0.3, -0.25) is 10.2 Å². The molecule has 0 atom stereocenters. The van der Waals surface area contributed by atoms with Gasteiger partial charge in [0, 0.05) is 29.2 Å². The minimum absolute atomic E-state index is 0.133. The second-order valence-corrected chi connectivity index (χ2v) is 5.69. The van der Waals surface area contributed by atoms with Crippen LogP contribution in [0.15, 0.2) is 72.9 Å². The zero-order valence-corrected chi connectivity index (χ0v) is 13.0. The third-order valence-corrected chi connectivity index (χ3v) is 4.19. The van der Waals surface area contributed by atoms with E-state index in [0.717, 1.165) is 27.2 Å². The number of hydrazine groups is 1. The highest BCUT2D eigenvalue weighted by atomic mass is 16.2. The van der Waals surface area contributed by atoms with Gasteiger partial charge in [-0.25, -0.2) is 5.43 Å². The quantitative estimate of drug-likeness (QED) is 0.502. The normalized spacial score (nSPS) is 11.0. The smallest absolute Gasteiger partial charge is 0.266 e. The summed E-state index contributed by atoms with van der Waals surface area (Å²) < 4.78 is 0. The first kappa shape index (κ1) is 14.5. The Bertz CT molecular complexity index is 1010. The molecule has 4 heteroatoms. The van der Waals surface area contributed by atoms with Crippen LogP contribution in [-0.4, -0.2) is 10.9 Å². The van der Waals surface area contributed by atoms with Crippen LogP contribution < -0.4 is 10.9 Å². The molecule has 0 saturated carbocycles. The van der Waals surface area contributed by atoms with E-state index in [0.29, 0.717) is 12.1 Å². The Balaban J connectivity index is 1.48. The molecule has 1 heterocycles. The molecule has 4 aromatic rings. The van der Waals surface area contributed by atoms with Crippen LogP contribution in [-0.2, 0) is 6.54 Å². The molecule has 0 bridgehead atoms. The number of nitrogens with one attached hydrogen (secondary N) is 3. The molecule has 118 valence electrons. The number of hydrogen-bond donors (Lipinski definition) is 3. The maximum atomic E-state index is 12.5. The van der Waals surface area contributed by atoms with Crippen LogP contribution in [0.1, 0.15) is 15.9 Å². The van der Waals surface area contributed by atoms with Crippen molar-refractivity contribution in [3.63, 3.8) is 0 Å². The number of H-pyrrole nitrogens is 1. The molecule has 1 aromatic heterocycles. The lowest BCUT2D eigenvalue weighted by atomic mass is 10.0. The first-order valence-electron chi connectivity index (χ1n) is 7.89. The van der Waals surface area contributed by atoms with Crippen LogP contribution in [0.2, 0.25) is 0 Å². The predicted octanol–water partition coefficient (Wildman–Crippen LogP) is 3.76. The van der Waals surface area contributed by atoms with E-state index in [4.69, 9.17) is 0 Å². The number of aromatic amines is 1. The minimum atomic E-state index is -0.133. The Labute approximate surface area is 139 Å². The van der Waals surface area contributed by atoms with Crippen LogP contribution in [0.25, 0.3) is 21.7 Å². The highest BCUT2D eigenvalue weighted by molar-refractivity contribution is 6.06. The largest absolute Gasteiger partial charge is 0.361 e. The minimum Gasteiger partial charge on any atom is -0.361 e. The molecule has 4 rings (SSSR count). The van der Waals surface area contributed by atoms with E-state index in [2.05, 4.69) is 21.9 Å². The molecule has 1 amide bonds. The summed E-state index contributed by atoms with van der Waals surface area (Å²) in [5.41, 5.74) is 8.69. The Morgan fingerprint density at radius 3 is 2.54 bits per heavy atom. The van der Waals surface area contributed by atoms with E-state index in [1.807, 2.05) is 66.9 Å². The molecule has 0 aliphatic rings. The molecule has 0 fully saturated rings. The Morgan fingerprint density at radius 1 is 0.875 bits per heavy atom. The van der Waals surface area contributed by atoms with E-state index < -0.39 is 0 Å². The molecular formula is C20H17N3O. The summed E-state index contributed by atoms with van der Waals surface area (Å²) in [5.74, 6) is -0.133. The van der Waals surface area contributed by atoms with Crippen molar-refractivity contribution in [2.45, 2.75) is 6.54 Å². The van der Waals surface area contributed by atoms with E-state index in [-0.39, 0.29) is 5.91 Å². The molecule has 0 saturated heterocycles. The molecule has 3 N–H and O–H groups in total. The summed E-state index contributed by atoms with van der Waals surface area (Å²) >= 11 is 0. The highest BCUT2D eigenvalue weighted by Crippen LogP contribution is 2.19. The van der Waals surface area contributed by atoms with Crippen molar-refractivity contribution in [1.29, 1.82) is 0 Å². The summed E-state index contributed by atoms with van der Waals surface area (Å²) in [6.45, 7) is 0.556. The number of rotatable bonds is 4. The monoisotopic (exact) mass is 315 g/mol. The first-order chi connectivity index (χ1) is 11.8. The topological polar surface area (TPSA) is 56.9 Å². The number of benzene rings is 3. The zero-order chi connectivity index (χ0) is 16.4. The average Bonchev–Trinajstić information content (AvgIpc) is 3.04. The predicted molar refractivity (Wildman–Crippen MR) is 96.6 cm³/mol. The maximum absolute atomic E-state index is 12.5. The van der Waals surface area contributed by atoms with Crippen LogP contribution >= 0.6 is 0 Å². The zero-order valence-electron chi connectivity index (χ0n) is 13.0. The van der Waals surface area contributed by atoms with Gasteiger partial charge in [0.25, 0.3) is 5.91 Å². The lowest BCUT2D eigenvalue weighted by Gasteiger charge is -2.09.